The van der Waals surface area contributed by atoms with E-state index in [1.807, 2.05) is 55.8 Å². The minimum Gasteiger partial charge on any atom is -0.483 e. The highest BCUT2D eigenvalue weighted by molar-refractivity contribution is 5.78. The van der Waals surface area contributed by atoms with E-state index in [0.717, 1.165) is 28.1 Å². The summed E-state index contributed by atoms with van der Waals surface area (Å²) in [6, 6.07) is 12.1. The summed E-state index contributed by atoms with van der Waals surface area (Å²) in [5, 5.41) is 2.99. The molecule has 0 aliphatic rings. The zero-order chi connectivity index (χ0) is 19.4. The van der Waals surface area contributed by atoms with Crippen molar-refractivity contribution in [2.45, 2.75) is 33.7 Å². The van der Waals surface area contributed by atoms with Crippen molar-refractivity contribution in [3.8, 4) is 11.4 Å². The summed E-state index contributed by atoms with van der Waals surface area (Å²) in [5.74, 6) is 0.647. The molecule has 0 radical (unpaired) electrons. The molecule has 1 aromatic heterocycles. The number of ether oxygens (including phenoxy) is 1. The molecule has 3 rings (SSSR count). The first-order valence-corrected chi connectivity index (χ1v) is 9.02. The van der Waals surface area contributed by atoms with Gasteiger partial charge < -0.3 is 14.6 Å². The number of rotatable bonds is 6. The fourth-order valence-corrected chi connectivity index (χ4v) is 3.25. The molecule has 0 saturated carbocycles. The van der Waals surface area contributed by atoms with Gasteiger partial charge in [-0.3, -0.25) is 4.79 Å². The van der Waals surface area contributed by atoms with Crippen LogP contribution in [0.25, 0.3) is 5.69 Å². The number of hydrogen-bond acceptors (Lipinski definition) is 3. The van der Waals surface area contributed by atoms with Gasteiger partial charge in [0.25, 0.3) is 5.91 Å². The number of aryl methyl sites for hydroxylation is 3. The predicted octanol–water partition coefficient (Wildman–Crippen LogP) is 4.05. The van der Waals surface area contributed by atoms with Crippen LogP contribution in [0.3, 0.4) is 0 Å². The van der Waals surface area contributed by atoms with E-state index in [1.165, 1.54) is 5.56 Å². The molecule has 0 fully saturated rings. The molecule has 0 saturated heterocycles. The van der Waals surface area contributed by atoms with Crippen LogP contribution >= 0.6 is 0 Å². The average Bonchev–Trinajstić information content (AvgIpc) is 3.15. The van der Waals surface area contributed by atoms with Crippen molar-refractivity contribution in [3.63, 3.8) is 0 Å². The third kappa shape index (κ3) is 4.56. The van der Waals surface area contributed by atoms with Crippen LogP contribution in [0.15, 0.2) is 55.1 Å². The van der Waals surface area contributed by atoms with E-state index in [0.29, 0.717) is 0 Å². The van der Waals surface area contributed by atoms with Gasteiger partial charge in [0.15, 0.2) is 6.61 Å². The molecule has 3 aromatic rings. The van der Waals surface area contributed by atoms with Gasteiger partial charge in [0.2, 0.25) is 0 Å². The van der Waals surface area contributed by atoms with E-state index in [1.54, 1.807) is 12.5 Å². The molecule has 140 valence electrons. The maximum absolute atomic E-state index is 12.3. The fraction of sp³-hybridized carbons (Fsp3) is 0.273. The number of amides is 1. The van der Waals surface area contributed by atoms with E-state index < -0.39 is 0 Å². The van der Waals surface area contributed by atoms with Crippen LogP contribution in [0.5, 0.6) is 5.75 Å². The first-order chi connectivity index (χ1) is 12.9. The van der Waals surface area contributed by atoms with Crippen molar-refractivity contribution in [2.24, 2.45) is 0 Å². The van der Waals surface area contributed by atoms with Crippen molar-refractivity contribution < 1.29 is 9.53 Å². The first-order valence-electron chi connectivity index (χ1n) is 9.02. The summed E-state index contributed by atoms with van der Waals surface area (Å²) >= 11 is 0. The summed E-state index contributed by atoms with van der Waals surface area (Å²) < 4.78 is 7.70. The third-order valence-corrected chi connectivity index (χ3v) is 4.53. The lowest BCUT2D eigenvalue weighted by atomic mass is 10.1. The second kappa shape index (κ2) is 8.08. The Morgan fingerprint density at radius 2 is 1.81 bits per heavy atom. The van der Waals surface area contributed by atoms with Gasteiger partial charge in [-0.15, -0.1) is 0 Å². The van der Waals surface area contributed by atoms with Crippen molar-refractivity contribution in [1.29, 1.82) is 0 Å². The number of carbonyl (C=O) groups is 1. The average molecular weight is 363 g/mol. The van der Waals surface area contributed by atoms with Crippen LogP contribution in [0, 0.1) is 20.8 Å². The molecule has 1 unspecified atom stereocenters. The van der Waals surface area contributed by atoms with Crippen molar-refractivity contribution in [1.82, 2.24) is 14.9 Å². The van der Waals surface area contributed by atoms with Crippen molar-refractivity contribution in [2.75, 3.05) is 6.61 Å². The molecule has 2 aromatic carbocycles. The molecule has 5 nitrogen and oxygen atoms in total. The monoisotopic (exact) mass is 363 g/mol. The Bertz CT molecular complexity index is 892. The van der Waals surface area contributed by atoms with Gasteiger partial charge in [-0.05, 0) is 56.5 Å². The molecule has 27 heavy (non-hydrogen) atoms. The van der Waals surface area contributed by atoms with E-state index in [2.05, 4.69) is 29.4 Å². The minimum atomic E-state index is -0.138. The van der Waals surface area contributed by atoms with Crippen LogP contribution in [0.1, 0.15) is 35.2 Å². The van der Waals surface area contributed by atoms with Gasteiger partial charge >= 0.3 is 0 Å². The van der Waals surface area contributed by atoms with Crippen LogP contribution in [-0.2, 0) is 4.79 Å². The van der Waals surface area contributed by atoms with E-state index in [4.69, 9.17) is 4.74 Å². The molecule has 1 N–H and O–H groups in total. The number of benzene rings is 2. The molecule has 1 heterocycles. The van der Waals surface area contributed by atoms with Crippen LogP contribution < -0.4 is 10.1 Å². The maximum atomic E-state index is 12.3. The summed E-state index contributed by atoms with van der Waals surface area (Å²) in [5.41, 5.74) is 5.35. The second-order valence-corrected chi connectivity index (χ2v) is 6.87. The Balaban J connectivity index is 1.58. The minimum absolute atomic E-state index is 0.00218. The number of nitrogens with one attached hydrogen (secondary N) is 1. The zero-order valence-corrected chi connectivity index (χ0v) is 16.2. The summed E-state index contributed by atoms with van der Waals surface area (Å²) in [6.07, 6.45) is 5.40. The summed E-state index contributed by atoms with van der Waals surface area (Å²) in [6.45, 7) is 8.01. The molecule has 1 atom stereocenters. The van der Waals surface area contributed by atoms with Crippen LogP contribution in [0.4, 0.5) is 0 Å². The number of carbonyl (C=O) groups excluding carboxylic acids is 1. The Morgan fingerprint density at radius 3 is 2.41 bits per heavy atom. The van der Waals surface area contributed by atoms with Crippen molar-refractivity contribution >= 4 is 5.91 Å². The quantitative estimate of drug-likeness (QED) is 0.719. The molecule has 0 aliphatic heterocycles. The standard InChI is InChI=1S/C22H25N3O2/c1-15-11-16(2)22(17(3)12-15)27-13-21(26)24-18(4)19-5-7-20(8-6-19)25-10-9-23-14-25/h5-12,14,18H,13H2,1-4H3,(H,24,26). The lowest BCUT2D eigenvalue weighted by Crippen LogP contribution is -2.31. The topological polar surface area (TPSA) is 56.1 Å². The molecule has 0 aliphatic carbocycles. The predicted molar refractivity (Wildman–Crippen MR) is 106 cm³/mol. The van der Waals surface area contributed by atoms with E-state index in [-0.39, 0.29) is 18.6 Å². The lowest BCUT2D eigenvalue weighted by molar-refractivity contribution is -0.123. The van der Waals surface area contributed by atoms with E-state index in [9.17, 15) is 4.79 Å². The Morgan fingerprint density at radius 1 is 1.15 bits per heavy atom. The summed E-state index contributed by atoms with van der Waals surface area (Å²) in [7, 11) is 0. The second-order valence-electron chi connectivity index (χ2n) is 6.87. The van der Waals surface area contributed by atoms with Gasteiger partial charge in [0, 0.05) is 18.1 Å². The highest BCUT2D eigenvalue weighted by Gasteiger charge is 2.12. The smallest absolute Gasteiger partial charge is 0.258 e. The zero-order valence-electron chi connectivity index (χ0n) is 16.2. The number of aromatic nitrogens is 2. The Hall–Kier alpha value is -3.08. The largest absolute Gasteiger partial charge is 0.483 e. The van der Waals surface area contributed by atoms with Crippen molar-refractivity contribution in [3.05, 3.63) is 77.4 Å². The molecule has 1 amide bonds. The van der Waals surface area contributed by atoms with Gasteiger partial charge in [0.1, 0.15) is 5.75 Å². The van der Waals surface area contributed by atoms with Gasteiger partial charge in [-0.1, -0.05) is 29.8 Å². The highest BCUT2D eigenvalue weighted by Crippen LogP contribution is 2.24. The normalized spacial score (nSPS) is 11.9. The highest BCUT2D eigenvalue weighted by atomic mass is 16.5. The maximum Gasteiger partial charge on any atom is 0.258 e. The molecular weight excluding hydrogens is 338 g/mol. The lowest BCUT2D eigenvalue weighted by Gasteiger charge is -2.17. The number of hydrogen-bond donors (Lipinski definition) is 1. The van der Waals surface area contributed by atoms with Gasteiger partial charge in [-0.25, -0.2) is 4.98 Å². The molecule has 5 heteroatoms. The fourth-order valence-electron chi connectivity index (χ4n) is 3.25. The molecule has 0 bridgehead atoms. The Kier molecular flexibility index (Phi) is 5.60. The number of nitrogens with zero attached hydrogens (tertiary/aromatic N) is 2. The number of imidazole rings is 1. The van der Waals surface area contributed by atoms with Crippen LogP contribution in [-0.4, -0.2) is 22.1 Å². The van der Waals surface area contributed by atoms with Gasteiger partial charge in [0.05, 0.1) is 12.4 Å². The summed E-state index contributed by atoms with van der Waals surface area (Å²) in [4.78, 5) is 16.3. The van der Waals surface area contributed by atoms with Crippen LogP contribution in [0.2, 0.25) is 0 Å². The molecular formula is C22H25N3O2. The Labute approximate surface area is 160 Å². The third-order valence-electron chi connectivity index (χ3n) is 4.53. The van der Waals surface area contributed by atoms with E-state index >= 15 is 0 Å². The molecule has 0 spiro atoms. The van der Waals surface area contributed by atoms with Gasteiger partial charge in [-0.2, -0.15) is 0 Å². The SMILES string of the molecule is Cc1cc(C)c(OCC(=O)NC(C)c2ccc(-n3ccnc3)cc2)c(C)c1. The first kappa shape index (κ1) is 18.7.